The lowest BCUT2D eigenvalue weighted by Crippen LogP contribution is -2.50. The van der Waals surface area contributed by atoms with Crippen molar-refractivity contribution >= 4 is 50.9 Å². The van der Waals surface area contributed by atoms with Gasteiger partial charge in [-0.2, -0.15) is 0 Å². The highest BCUT2D eigenvalue weighted by Crippen LogP contribution is 2.28. The third-order valence-corrected chi connectivity index (χ3v) is 5.37. The Labute approximate surface area is 189 Å². The highest BCUT2D eigenvalue weighted by atomic mass is 79.9. The van der Waals surface area contributed by atoms with Crippen molar-refractivity contribution in [2.24, 2.45) is 0 Å². The Morgan fingerprint density at radius 2 is 1.83 bits per heavy atom. The van der Waals surface area contributed by atoms with Gasteiger partial charge in [0.1, 0.15) is 11.8 Å². The van der Waals surface area contributed by atoms with Crippen molar-refractivity contribution in [1.29, 1.82) is 0 Å². The summed E-state index contributed by atoms with van der Waals surface area (Å²) in [5.74, 6) is -0.0917. The fraction of sp³-hybridized carbons (Fsp3) is 0.333. The Balaban J connectivity index is 2.19. The summed E-state index contributed by atoms with van der Waals surface area (Å²) >= 11 is 15.6. The van der Waals surface area contributed by atoms with Crippen molar-refractivity contribution in [3.8, 4) is 5.75 Å². The SMILES string of the molecule is CC(C)NC(=O)[C@@H](C)N(Cc1ccccc1Cl)C(=O)COc1ccc(Cl)cc1Br. The molecule has 156 valence electrons. The van der Waals surface area contributed by atoms with Crippen LogP contribution in [0.1, 0.15) is 26.3 Å². The minimum absolute atomic E-state index is 0.0384. The molecule has 1 atom stereocenters. The van der Waals surface area contributed by atoms with Gasteiger partial charge in [-0.3, -0.25) is 9.59 Å². The highest BCUT2D eigenvalue weighted by Gasteiger charge is 2.27. The van der Waals surface area contributed by atoms with E-state index in [2.05, 4.69) is 21.2 Å². The van der Waals surface area contributed by atoms with Crippen LogP contribution in [0.5, 0.6) is 5.75 Å². The smallest absolute Gasteiger partial charge is 0.261 e. The normalized spacial score (nSPS) is 11.8. The fourth-order valence-corrected chi connectivity index (χ4v) is 3.61. The van der Waals surface area contributed by atoms with Crippen LogP contribution in [-0.4, -0.2) is 35.4 Å². The molecule has 0 spiro atoms. The number of nitrogens with one attached hydrogen (secondary N) is 1. The van der Waals surface area contributed by atoms with Crippen LogP contribution in [0.3, 0.4) is 0 Å². The second-order valence-electron chi connectivity index (χ2n) is 6.82. The van der Waals surface area contributed by atoms with Crippen molar-refractivity contribution in [3.05, 3.63) is 62.5 Å². The monoisotopic (exact) mass is 500 g/mol. The molecular formula is C21H23BrCl2N2O3. The Morgan fingerprint density at radius 1 is 1.14 bits per heavy atom. The summed E-state index contributed by atoms with van der Waals surface area (Å²) in [6.07, 6.45) is 0. The first-order chi connectivity index (χ1) is 13.7. The molecule has 0 fully saturated rings. The van der Waals surface area contributed by atoms with Crippen LogP contribution < -0.4 is 10.1 Å². The van der Waals surface area contributed by atoms with Gasteiger partial charge in [0.05, 0.1) is 4.47 Å². The molecule has 29 heavy (non-hydrogen) atoms. The minimum Gasteiger partial charge on any atom is -0.483 e. The van der Waals surface area contributed by atoms with E-state index in [0.717, 1.165) is 5.56 Å². The lowest BCUT2D eigenvalue weighted by Gasteiger charge is -2.29. The first-order valence-corrected chi connectivity index (χ1v) is 10.6. The number of carbonyl (C=O) groups excluding carboxylic acids is 2. The van der Waals surface area contributed by atoms with Gasteiger partial charge in [-0.05, 0) is 66.5 Å². The molecule has 0 saturated carbocycles. The van der Waals surface area contributed by atoms with Gasteiger partial charge < -0.3 is 15.0 Å². The van der Waals surface area contributed by atoms with Gasteiger partial charge in [0.15, 0.2) is 6.61 Å². The van der Waals surface area contributed by atoms with Crippen molar-refractivity contribution in [3.63, 3.8) is 0 Å². The van der Waals surface area contributed by atoms with Gasteiger partial charge >= 0.3 is 0 Å². The number of benzene rings is 2. The topological polar surface area (TPSA) is 58.6 Å². The largest absolute Gasteiger partial charge is 0.483 e. The van der Waals surface area contributed by atoms with E-state index >= 15 is 0 Å². The number of carbonyl (C=O) groups is 2. The summed E-state index contributed by atoms with van der Waals surface area (Å²) in [6, 6.07) is 11.5. The van der Waals surface area contributed by atoms with Gasteiger partial charge in [0.25, 0.3) is 5.91 Å². The summed E-state index contributed by atoms with van der Waals surface area (Å²) in [5, 5.41) is 3.92. The second-order valence-corrected chi connectivity index (χ2v) is 8.51. The van der Waals surface area contributed by atoms with Crippen LogP contribution in [0.25, 0.3) is 0 Å². The fourth-order valence-electron chi connectivity index (χ4n) is 2.61. The van der Waals surface area contributed by atoms with Crippen molar-refractivity contribution < 1.29 is 14.3 Å². The van der Waals surface area contributed by atoms with E-state index in [0.29, 0.717) is 20.3 Å². The summed E-state index contributed by atoms with van der Waals surface area (Å²) in [6.45, 7) is 5.38. The molecule has 0 aliphatic carbocycles. The van der Waals surface area contributed by atoms with Gasteiger partial charge in [0, 0.05) is 22.6 Å². The van der Waals surface area contributed by atoms with E-state index in [1.165, 1.54) is 4.90 Å². The quantitative estimate of drug-likeness (QED) is 0.548. The first kappa shape index (κ1) is 23.5. The van der Waals surface area contributed by atoms with Crippen LogP contribution in [0, 0.1) is 0 Å². The molecule has 0 heterocycles. The minimum atomic E-state index is -0.696. The average Bonchev–Trinajstić information content (AvgIpc) is 2.65. The zero-order valence-corrected chi connectivity index (χ0v) is 19.5. The Kier molecular flexibility index (Phi) is 8.80. The highest BCUT2D eigenvalue weighted by molar-refractivity contribution is 9.10. The number of rotatable bonds is 8. The van der Waals surface area contributed by atoms with Crippen LogP contribution in [0.15, 0.2) is 46.9 Å². The van der Waals surface area contributed by atoms with E-state index in [1.54, 1.807) is 31.2 Å². The Bertz CT molecular complexity index is 877. The maximum Gasteiger partial charge on any atom is 0.261 e. The van der Waals surface area contributed by atoms with E-state index in [9.17, 15) is 9.59 Å². The van der Waals surface area contributed by atoms with Crippen molar-refractivity contribution in [2.45, 2.75) is 39.4 Å². The molecule has 2 aromatic carbocycles. The number of hydrogen-bond acceptors (Lipinski definition) is 3. The maximum absolute atomic E-state index is 13.0. The van der Waals surface area contributed by atoms with E-state index < -0.39 is 6.04 Å². The third kappa shape index (κ3) is 6.91. The lowest BCUT2D eigenvalue weighted by molar-refractivity contribution is -0.142. The standard InChI is InChI=1S/C21H23BrCl2N2O3/c1-13(2)25-21(28)14(3)26(11-15-6-4-5-7-18(15)24)20(27)12-29-19-9-8-16(23)10-17(19)22/h4-10,13-14H,11-12H2,1-3H3,(H,25,28)/t14-/m1/s1. The molecule has 0 unspecified atom stereocenters. The van der Waals surface area contributed by atoms with Gasteiger partial charge in [-0.25, -0.2) is 0 Å². The molecule has 8 heteroatoms. The summed E-state index contributed by atoms with van der Waals surface area (Å²) in [4.78, 5) is 27.0. The predicted molar refractivity (Wildman–Crippen MR) is 119 cm³/mol. The second kappa shape index (κ2) is 10.9. The van der Waals surface area contributed by atoms with E-state index in [-0.39, 0.29) is 31.0 Å². The summed E-state index contributed by atoms with van der Waals surface area (Å²) in [5.41, 5.74) is 0.749. The first-order valence-electron chi connectivity index (χ1n) is 9.10. The van der Waals surface area contributed by atoms with Crippen LogP contribution >= 0.6 is 39.1 Å². The molecule has 2 aromatic rings. The zero-order chi connectivity index (χ0) is 21.6. The van der Waals surface area contributed by atoms with E-state index in [1.807, 2.05) is 32.0 Å². The van der Waals surface area contributed by atoms with Crippen molar-refractivity contribution in [2.75, 3.05) is 6.61 Å². The molecule has 2 rings (SSSR count). The number of ether oxygens (including phenoxy) is 1. The zero-order valence-electron chi connectivity index (χ0n) is 16.4. The molecule has 0 bridgehead atoms. The van der Waals surface area contributed by atoms with Gasteiger partial charge in [0.2, 0.25) is 5.91 Å². The summed E-state index contributed by atoms with van der Waals surface area (Å²) < 4.78 is 6.29. The molecule has 0 saturated heterocycles. The molecule has 5 nitrogen and oxygen atoms in total. The predicted octanol–water partition coefficient (Wildman–Crippen LogP) is 5.08. The summed E-state index contributed by atoms with van der Waals surface area (Å²) in [7, 11) is 0. The number of hydrogen-bond donors (Lipinski definition) is 1. The number of halogens is 3. The van der Waals surface area contributed by atoms with Crippen molar-refractivity contribution in [1.82, 2.24) is 10.2 Å². The van der Waals surface area contributed by atoms with Crippen LogP contribution in [0.4, 0.5) is 0 Å². The Hall–Kier alpha value is -1.76. The Morgan fingerprint density at radius 3 is 2.45 bits per heavy atom. The van der Waals surface area contributed by atoms with Crippen LogP contribution in [-0.2, 0) is 16.1 Å². The lowest BCUT2D eigenvalue weighted by atomic mass is 10.1. The molecular weight excluding hydrogens is 479 g/mol. The van der Waals surface area contributed by atoms with Gasteiger partial charge in [-0.1, -0.05) is 41.4 Å². The molecule has 1 N–H and O–H groups in total. The van der Waals surface area contributed by atoms with E-state index in [4.69, 9.17) is 27.9 Å². The number of nitrogens with zero attached hydrogens (tertiary/aromatic N) is 1. The molecule has 0 aliphatic heterocycles. The molecule has 0 aromatic heterocycles. The number of amides is 2. The molecule has 2 amide bonds. The van der Waals surface area contributed by atoms with Gasteiger partial charge in [-0.15, -0.1) is 0 Å². The molecule has 0 aliphatic rings. The third-order valence-electron chi connectivity index (χ3n) is 4.14. The maximum atomic E-state index is 13.0. The van der Waals surface area contributed by atoms with Crippen LogP contribution in [0.2, 0.25) is 10.0 Å². The average molecular weight is 502 g/mol. The molecule has 0 radical (unpaired) electrons.